The first-order chi connectivity index (χ1) is 10.3. The van der Waals surface area contributed by atoms with Crippen LogP contribution in [0.4, 0.5) is 0 Å². The van der Waals surface area contributed by atoms with Crippen LogP contribution < -0.4 is 0 Å². The zero-order valence-corrected chi connectivity index (χ0v) is 17.7. The summed E-state index contributed by atoms with van der Waals surface area (Å²) in [5.41, 5.74) is 1.35. The van der Waals surface area contributed by atoms with Crippen LogP contribution in [0.5, 0.6) is 0 Å². The Morgan fingerprint density at radius 2 is 1.27 bits per heavy atom. The summed E-state index contributed by atoms with van der Waals surface area (Å²) in [6, 6.07) is 0. The van der Waals surface area contributed by atoms with Gasteiger partial charge in [0.1, 0.15) is 0 Å². The number of hydrogen-bond donors (Lipinski definition) is 0. The minimum absolute atomic E-state index is 0.431. The summed E-state index contributed by atoms with van der Waals surface area (Å²) in [6.07, 6.45) is 6.65. The molecule has 0 heterocycles. The quantitative estimate of drug-likeness (QED) is 0.288. The molecule has 5 heteroatoms. The van der Waals surface area contributed by atoms with E-state index < -0.39 is 15.7 Å². The summed E-state index contributed by atoms with van der Waals surface area (Å²) in [6.45, 7) is 15.8. The topological polar surface area (TPSA) is 35.5 Å². The first-order valence-corrected chi connectivity index (χ1v) is 13.9. The van der Waals surface area contributed by atoms with Gasteiger partial charge in [0.2, 0.25) is 0 Å². The van der Waals surface area contributed by atoms with Gasteiger partial charge in [-0.25, -0.2) is 0 Å². The maximum atomic E-state index is 13.5. The maximum Gasteiger partial charge on any atom is 0.353 e. The Morgan fingerprint density at radius 3 is 1.55 bits per heavy atom. The SMILES string of the molecule is CCCCC(CCCC)=C([Si](C)(C)C)P(=O)(OCC)OCC. The molecule has 3 nitrogen and oxygen atoms in total. The van der Waals surface area contributed by atoms with Crippen LogP contribution in [-0.4, -0.2) is 21.3 Å². The van der Waals surface area contributed by atoms with Crippen LogP contribution in [0.3, 0.4) is 0 Å². The van der Waals surface area contributed by atoms with Crippen molar-refractivity contribution in [2.45, 2.75) is 85.9 Å². The van der Waals surface area contributed by atoms with E-state index in [9.17, 15) is 4.57 Å². The molecule has 0 aliphatic heterocycles. The summed E-state index contributed by atoms with van der Waals surface area (Å²) in [7, 11) is -4.94. The van der Waals surface area contributed by atoms with E-state index in [2.05, 4.69) is 33.5 Å². The molecule has 0 aromatic heterocycles. The van der Waals surface area contributed by atoms with Crippen molar-refractivity contribution in [1.29, 1.82) is 0 Å². The van der Waals surface area contributed by atoms with Gasteiger partial charge in [0.15, 0.2) is 0 Å². The van der Waals surface area contributed by atoms with Crippen molar-refractivity contribution in [1.82, 2.24) is 0 Å². The first kappa shape index (κ1) is 22.1. The molecule has 0 fully saturated rings. The second-order valence-corrected chi connectivity index (χ2v) is 14.1. The third-order valence-electron chi connectivity index (χ3n) is 3.58. The molecule has 0 bridgehead atoms. The monoisotopic (exact) mass is 348 g/mol. The van der Waals surface area contributed by atoms with Gasteiger partial charge in [-0.05, 0) is 39.5 Å². The largest absolute Gasteiger partial charge is 0.353 e. The first-order valence-electron chi connectivity index (χ1n) is 8.88. The smallest absolute Gasteiger partial charge is 0.306 e. The van der Waals surface area contributed by atoms with Crippen LogP contribution in [0.2, 0.25) is 19.6 Å². The highest BCUT2D eigenvalue weighted by atomic mass is 31.2. The number of rotatable bonds is 12. The third kappa shape index (κ3) is 7.12. The minimum atomic E-state index is -3.15. The fourth-order valence-electron chi connectivity index (χ4n) is 2.78. The third-order valence-corrected chi connectivity index (χ3v) is 10.3. The Bertz CT molecular complexity index is 366. The van der Waals surface area contributed by atoms with Gasteiger partial charge in [-0.3, -0.25) is 4.57 Å². The lowest BCUT2D eigenvalue weighted by molar-refractivity contribution is 0.227. The van der Waals surface area contributed by atoms with E-state index in [-0.39, 0.29) is 0 Å². The summed E-state index contributed by atoms with van der Waals surface area (Å²) in [4.78, 5) is 1.06. The molecule has 0 unspecified atom stereocenters. The number of hydrogen-bond acceptors (Lipinski definition) is 3. The molecule has 0 aliphatic rings. The lowest BCUT2D eigenvalue weighted by atomic mass is 10.0. The molecule has 0 radical (unpaired) electrons. The Morgan fingerprint density at radius 1 is 0.864 bits per heavy atom. The molecule has 0 aliphatic carbocycles. The molecule has 0 amide bonds. The summed E-state index contributed by atoms with van der Waals surface area (Å²) in [5.74, 6) is 0. The van der Waals surface area contributed by atoms with Crippen LogP contribution in [0.15, 0.2) is 10.5 Å². The predicted octanol–water partition coefficient (Wildman–Crippen LogP) is 6.76. The van der Waals surface area contributed by atoms with Crippen molar-refractivity contribution in [2.75, 3.05) is 13.2 Å². The standard InChI is InChI=1S/C17H37O3PSi/c1-8-12-14-16(15-13-9-2)17(22(5,6)7)21(18,19-10-3)20-11-4/h8-15H2,1-7H3. The molecular weight excluding hydrogens is 311 g/mol. The van der Waals surface area contributed by atoms with Gasteiger partial charge in [-0.2, -0.15) is 0 Å². The van der Waals surface area contributed by atoms with E-state index >= 15 is 0 Å². The minimum Gasteiger partial charge on any atom is -0.306 e. The fraction of sp³-hybridized carbons (Fsp3) is 0.882. The van der Waals surface area contributed by atoms with Gasteiger partial charge >= 0.3 is 7.60 Å². The Hall–Kier alpha value is 0.107. The van der Waals surface area contributed by atoms with Crippen LogP contribution in [-0.2, 0) is 13.6 Å². The molecular formula is C17H37O3PSi. The lowest BCUT2D eigenvalue weighted by Gasteiger charge is -2.31. The van der Waals surface area contributed by atoms with Crippen LogP contribution in [0.25, 0.3) is 0 Å². The number of unbranched alkanes of at least 4 members (excludes halogenated alkanes) is 2. The second-order valence-electron chi connectivity index (χ2n) is 6.74. The highest BCUT2D eigenvalue weighted by molar-refractivity contribution is 7.62. The van der Waals surface area contributed by atoms with Gasteiger partial charge < -0.3 is 9.05 Å². The summed E-state index contributed by atoms with van der Waals surface area (Å²) >= 11 is 0. The van der Waals surface area contributed by atoms with Crippen LogP contribution >= 0.6 is 7.60 Å². The van der Waals surface area contributed by atoms with Gasteiger partial charge in [0.25, 0.3) is 0 Å². The average Bonchev–Trinajstić information content (AvgIpc) is 2.40. The van der Waals surface area contributed by atoms with Crippen molar-refractivity contribution < 1.29 is 13.6 Å². The fourth-order valence-corrected chi connectivity index (χ4v) is 9.39. The van der Waals surface area contributed by atoms with Crippen molar-refractivity contribution in [3.05, 3.63) is 10.5 Å². The zero-order chi connectivity index (χ0) is 17.2. The van der Waals surface area contributed by atoms with Gasteiger partial charge in [-0.15, -0.1) is 0 Å². The Balaban J connectivity index is 5.95. The summed E-state index contributed by atoms with van der Waals surface area (Å²) < 4.78 is 24.9. The number of allylic oxidation sites excluding steroid dienone is 1. The molecule has 22 heavy (non-hydrogen) atoms. The van der Waals surface area contributed by atoms with Crippen LogP contribution in [0.1, 0.15) is 66.2 Å². The van der Waals surface area contributed by atoms with Crippen molar-refractivity contribution in [3.8, 4) is 0 Å². The molecule has 0 rings (SSSR count). The van der Waals surface area contributed by atoms with E-state index in [4.69, 9.17) is 9.05 Å². The van der Waals surface area contributed by atoms with Crippen molar-refractivity contribution in [2.24, 2.45) is 0 Å². The molecule has 0 atom stereocenters. The molecule has 0 spiro atoms. The zero-order valence-electron chi connectivity index (χ0n) is 15.8. The molecule has 132 valence electrons. The van der Waals surface area contributed by atoms with Crippen molar-refractivity contribution >= 4 is 15.7 Å². The highest BCUT2D eigenvalue weighted by Crippen LogP contribution is 2.61. The highest BCUT2D eigenvalue weighted by Gasteiger charge is 2.40. The maximum absolute atomic E-state index is 13.5. The van der Waals surface area contributed by atoms with Gasteiger partial charge in [0.05, 0.1) is 21.3 Å². The summed E-state index contributed by atoms with van der Waals surface area (Å²) in [5, 5.41) is 0. The lowest BCUT2D eigenvalue weighted by Crippen LogP contribution is -2.27. The van der Waals surface area contributed by atoms with Gasteiger partial charge in [-0.1, -0.05) is 51.9 Å². The Kier molecular flexibility index (Phi) is 10.9. The van der Waals surface area contributed by atoms with Crippen LogP contribution in [0, 0.1) is 0 Å². The second kappa shape index (κ2) is 10.8. The average molecular weight is 349 g/mol. The molecule has 0 saturated carbocycles. The normalized spacial score (nSPS) is 12.5. The van der Waals surface area contributed by atoms with E-state index in [0.29, 0.717) is 13.2 Å². The Labute approximate surface area is 139 Å². The molecule has 0 saturated heterocycles. The predicted molar refractivity (Wildman–Crippen MR) is 100 cm³/mol. The van der Waals surface area contributed by atoms with Crippen molar-refractivity contribution in [3.63, 3.8) is 0 Å². The van der Waals surface area contributed by atoms with E-state index in [1.807, 2.05) is 13.8 Å². The van der Waals surface area contributed by atoms with Gasteiger partial charge in [0, 0.05) is 4.94 Å². The molecule has 0 aromatic rings. The van der Waals surface area contributed by atoms with E-state index in [1.165, 1.54) is 5.57 Å². The van der Waals surface area contributed by atoms with E-state index in [0.717, 1.165) is 43.5 Å². The van der Waals surface area contributed by atoms with E-state index in [1.54, 1.807) is 0 Å². The molecule has 0 aromatic carbocycles. The molecule has 0 N–H and O–H groups in total.